The molecule has 0 atom stereocenters. The Morgan fingerprint density at radius 1 is 1.35 bits per heavy atom. The minimum atomic E-state index is -0.220. The number of halogens is 1. The lowest BCUT2D eigenvalue weighted by atomic mass is 10.2. The summed E-state index contributed by atoms with van der Waals surface area (Å²) >= 11 is 1.49. The topological polar surface area (TPSA) is 38.1 Å². The van der Waals surface area contributed by atoms with Crippen LogP contribution >= 0.6 is 11.3 Å². The molecule has 2 heterocycles. The average molecular weight is 290 g/mol. The Morgan fingerprint density at radius 3 is 3.10 bits per heavy atom. The Labute approximate surface area is 120 Å². The van der Waals surface area contributed by atoms with E-state index in [9.17, 15) is 4.39 Å². The number of nitrogens with one attached hydrogen (secondary N) is 1. The molecule has 0 aliphatic carbocycles. The maximum atomic E-state index is 13.2. The van der Waals surface area contributed by atoms with Crippen molar-refractivity contribution in [1.29, 1.82) is 0 Å². The Morgan fingerprint density at radius 2 is 2.25 bits per heavy atom. The SMILES string of the molecule is CCCNCc1coc(-c2cc3ccc(F)cc3s2)n1. The van der Waals surface area contributed by atoms with Crippen LogP contribution in [0.3, 0.4) is 0 Å². The molecule has 0 fully saturated rings. The van der Waals surface area contributed by atoms with Crippen molar-refractivity contribution in [3.05, 3.63) is 42.0 Å². The molecule has 0 saturated heterocycles. The molecule has 3 aromatic rings. The summed E-state index contributed by atoms with van der Waals surface area (Å²) < 4.78 is 19.6. The fourth-order valence-corrected chi connectivity index (χ4v) is 3.03. The number of oxazole rings is 1. The first-order valence-corrected chi connectivity index (χ1v) is 7.42. The molecule has 1 aromatic carbocycles. The lowest BCUT2D eigenvalue weighted by Gasteiger charge is -1.96. The zero-order valence-electron chi connectivity index (χ0n) is 11.1. The van der Waals surface area contributed by atoms with Gasteiger partial charge in [-0.3, -0.25) is 0 Å². The molecular formula is C15H15FN2OS. The van der Waals surface area contributed by atoms with Crippen LogP contribution in [0.15, 0.2) is 34.9 Å². The number of thiophene rings is 1. The van der Waals surface area contributed by atoms with E-state index in [1.165, 1.54) is 23.5 Å². The van der Waals surface area contributed by atoms with Gasteiger partial charge in [-0.1, -0.05) is 13.0 Å². The highest BCUT2D eigenvalue weighted by Gasteiger charge is 2.10. The predicted octanol–water partition coefficient (Wildman–Crippen LogP) is 4.20. The molecule has 2 aromatic heterocycles. The molecule has 0 spiro atoms. The number of benzene rings is 1. The number of hydrogen-bond donors (Lipinski definition) is 1. The summed E-state index contributed by atoms with van der Waals surface area (Å²) in [7, 11) is 0. The third-order valence-corrected chi connectivity index (χ3v) is 4.06. The van der Waals surface area contributed by atoms with E-state index in [0.717, 1.165) is 33.6 Å². The van der Waals surface area contributed by atoms with Crippen LogP contribution in [-0.4, -0.2) is 11.5 Å². The van der Waals surface area contributed by atoms with E-state index in [1.54, 1.807) is 12.3 Å². The maximum absolute atomic E-state index is 13.2. The zero-order valence-corrected chi connectivity index (χ0v) is 12.0. The van der Waals surface area contributed by atoms with Gasteiger partial charge in [0, 0.05) is 11.2 Å². The maximum Gasteiger partial charge on any atom is 0.236 e. The lowest BCUT2D eigenvalue weighted by molar-refractivity contribution is 0.571. The largest absolute Gasteiger partial charge is 0.444 e. The molecular weight excluding hydrogens is 275 g/mol. The van der Waals surface area contributed by atoms with Gasteiger partial charge in [-0.2, -0.15) is 0 Å². The summed E-state index contributed by atoms with van der Waals surface area (Å²) in [5.74, 6) is 0.377. The summed E-state index contributed by atoms with van der Waals surface area (Å²) in [4.78, 5) is 5.38. The summed E-state index contributed by atoms with van der Waals surface area (Å²) in [6, 6.07) is 6.76. The average Bonchev–Trinajstić information content (AvgIpc) is 3.04. The molecule has 0 saturated carbocycles. The Bertz CT molecular complexity index is 720. The molecule has 104 valence electrons. The molecule has 0 amide bonds. The number of fused-ring (bicyclic) bond motifs is 1. The van der Waals surface area contributed by atoms with Crippen LogP contribution in [0.1, 0.15) is 19.0 Å². The van der Waals surface area contributed by atoms with Crippen molar-refractivity contribution < 1.29 is 8.81 Å². The normalized spacial score (nSPS) is 11.3. The highest BCUT2D eigenvalue weighted by Crippen LogP contribution is 2.33. The first-order valence-electron chi connectivity index (χ1n) is 6.61. The van der Waals surface area contributed by atoms with Crippen molar-refractivity contribution >= 4 is 21.4 Å². The van der Waals surface area contributed by atoms with Gasteiger partial charge in [-0.15, -0.1) is 11.3 Å². The second-order valence-corrected chi connectivity index (χ2v) is 5.70. The van der Waals surface area contributed by atoms with Gasteiger partial charge in [0.25, 0.3) is 0 Å². The predicted molar refractivity (Wildman–Crippen MR) is 79.3 cm³/mol. The quantitative estimate of drug-likeness (QED) is 0.716. The summed E-state index contributed by atoms with van der Waals surface area (Å²) in [6.07, 6.45) is 2.76. The van der Waals surface area contributed by atoms with Gasteiger partial charge in [0.1, 0.15) is 12.1 Å². The molecule has 5 heteroatoms. The fraction of sp³-hybridized carbons (Fsp3) is 0.267. The van der Waals surface area contributed by atoms with E-state index in [4.69, 9.17) is 4.42 Å². The van der Waals surface area contributed by atoms with Gasteiger partial charge in [-0.25, -0.2) is 9.37 Å². The van der Waals surface area contributed by atoms with Crippen LogP contribution in [0.5, 0.6) is 0 Å². The Kier molecular flexibility index (Phi) is 3.80. The lowest BCUT2D eigenvalue weighted by Crippen LogP contribution is -2.13. The third-order valence-electron chi connectivity index (χ3n) is 2.98. The monoisotopic (exact) mass is 290 g/mol. The molecule has 0 radical (unpaired) electrons. The zero-order chi connectivity index (χ0) is 13.9. The van der Waals surface area contributed by atoms with Crippen LogP contribution in [0.25, 0.3) is 20.9 Å². The molecule has 3 rings (SSSR count). The van der Waals surface area contributed by atoms with Crippen LogP contribution in [0.4, 0.5) is 4.39 Å². The Hall–Kier alpha value is -1.72. The molecule has 0 bridgehead atoms. The van der Waals surface area contributed by atoms with Crippen molar-refractivity contribution in [1.82, 2.24) is 10.3 Å². The van der Waals surface area contributed by atoms with E-state index in [0.29, 0.717) is 12.4 Å². The molecule has 0 aliphatic heterocycles. The van der Waals surface area contributed by atoms with E-state index < -0.39 is 0 Å². The molecule has 0 unspecified atom stereocenters. The second-order valence-electron chi connectivity index (χ2n) is 4.61. The first kappa shape index (κ1) is 13.3. The number of rotatable bonds is 5. The van der Waals surface area contributed by atoms with E-state index >= 15 is 0 Å². The van der Waals surface area contributed by atoms with E-state index in [2.05, 4.69) is 17.2 Å². The van der Waals surface area contributed by atoms with Crippen LogP contribution in [-0.2, 0) is 6.54 Å². The summed E-state index contributed by atoms with van der Waals surface area (Å²) in [6.45, 7) is 3.79. The molecule has 1 N–H and O–H groups in total. The van der Waals surface area contributed by atoms with Gasteiger partial charge < -0.3 is 9.73 Å². The van der Waals surface area contributed by atoms with Crippen molar-refractivity contribution in [3.8, 4) is 10.8 Å². The van der Waals surface area contributed by atoms with E-state index in [1.807, 2.05) is 6.07 Å². The van der Waals surface area contributed by atoms with Crippen molar-refractivity contribution in [2.24, 2.45) is 0 Å². The highest BCUT2D eigenvalue weighted by molar-refractivity contribution is 7.22. The minimum absolute atomic E-state index is 0.220. The van der Waals surface area contributed by atoms with E-state index in [-0.39, 0.29) is 5.82 Å². The van der Waals surface area contributed by atoms with Crippen LogP contribution < -0.4 is 5.32 Å². The van der Waals surface area contributed by atoms with Crippen LogP contribution in [0.2, 0.25) is 0 Å². The number of hydrogen-bond acceptors (Lipinski definition) is 4. The van der Waals surface area contributed by atoms with Gasteiger partial charge in [-0.05, 0) is 36.6 Å². The molecule has 20 heavy (non-hydrogen) atoms. The van der Waals surface area contributed by atoms with Gasteiger partial charge >= 0.3 is 0 Å². The Balaban J connectivity index is 1.83. The van der Waals surface area contributed by atoms with Gasteiger partial charge in [0.15, 0.2) is 0 Å². The number of aromatic nitrogens is 1. The van der Waals surface area contributed by atoms with Crippen molar-refractivity contribution in [2.45, 2.75) is 19.9 Å². The highest BCUT2D eigenvalue weighted by atomic mass is 32.1. The third kappa shape index (κ3) is 2.73. The number of nitrogens with zero attached hydrogens (tertiary/aromatic N) is 1. The summed E-state index contributed by atoms with van der Waals surface area (Å²) in [5, 5.41) is 4.29. The van der Waals surface area contributed by atoms with Crippen molar-refractivity contribution in [2.75, 3.05) is 6.54 Å². The minimum Gasteiger partial charge on any atom is -0.444 e. The summed E-state index contributed by atoms with van der Waals surface area (Å²) in [5.41, 5.74) is 0.886. The van der Waals surface area contributed by atoms with Crippen LogP contribution in [0, 0.1) is 5.82 Å². The van der Waals surface area contributed by atoms with Gasteiger partial charge in [0.2, 0.25) is 5.89 Å². The standard InChI is InChI=1S/C15H15FN2OS/c1-2-5-17-8-12-9-19-15(18-12)14-6-10-3-4-11(16)7-13(10)20-14/h3-4,6-7,9,17H,2,5,8H2,1H3. The molecule has 3 nitrogen and oxygen atoms in total. The first-order chi connectivity index (χ1) is 9.76. The fourth-order valence-electron chi connectivity index (χ4n) is 2.00. The second kappa shape index (κ2) is 5.73. The smallest absolute Gasteiger partial charge is 0.236 e. The molecule has 0 aliphatic rings. The van der Waals surface area contributed by atoms with Gasteiger partial charge in [0.05, 0.1) is 10.6 Å². The van der Waals surface area contributed by atoms with Crippen molar-refractivity contribution in [3.63, 3.8) is 0 Å².